The molecule has 2 aromatic carbocycles. The van der Waals surface area contributed by atoms with E-state index in [4.69, 9.17) is 11.6 Å². The lowest BCUT2D eigenvalue weighted by Crippen LogP contribution is -2.15. The van der Waals surface area contributed by atoms with Crippen molar-refractivity contribution in [3.63, 3.8) is 0 Å². The normalized spacial score (nSPS) is 11.0. The Morgan fingerprint density at radius 2 is 1.96 bits per heavy atom. The maximum Gasteiger partial charge on any atom is 0.253 e. The Labute approximate surface area is 143 Å². The molecule has 0 spiro atoms. The molecule has 0 saturated heterocycles. The average molecular weight is 336 g/mol. The van der Waals surface area contributed by atoms with E-state index in [0.29, 0.717) is 17.1 Å². The van der Waals surface area contributed by atoms with E-state index >= 15 is 0 Å². The fourth-order valence-electron chi connectivity index (χ4n) is 2.74. The van der Waals surface area contributed by atoms with Crippen LogP contribution in [-0.4, -0.2) is 9.97 Å². The van der Waals surface area contributed by atoms with Crippen molar-refractivity contribution in [1.82, 2.24) is 9.97 Å². The van der Waals surface area contributed by atoms with Gasteiger partial charge in [0.25, 0.3) is 5.56 Å². The van der Waals surface area contributed by atoms with Gasteiger partial charge in [-0.1, -0.05) is 17.7 Å². The maximum atomic E-state index is 12.2. The molecule has 4 aromatic rings. The molecule has 5 heteroatoms. The Morgan fingerprint density at radius 1 is 1.04 bits per heavy atom. The SMILES string of the molecule is O=c1[nH]c2ccc(Cl)cc2cc1CNc1ccc2ncccc2c1. The van der Waals surface area contributed by atoms with Gasteiger partial charge in [0.05, 0.1) is 5.52 Å². The second-order valence-corrected chi connectivity index (χ2v) is 6.06. The molecule has 0 saturated carbocycles. The van der Waals surface area contributed by atoms with Crippen molar-refractivity contribution in [3.05, 3.63) is 81.7 Å². The van der Waals surface area contributed by atoms with E-state index < -0.39 is 0 Å². The third-order valence-electron chi connectivity index (χ3n) is 3.97. The summed E-state index contributed by atoms with van der Waals surface area (Å²) < 4.78 is 0. The lowest BCUT2D eigenvalue weighted by atomic mass is 10.1. The van der Waals surface area contributed by atoms with Crippen LogP contribution in [0.5, 0.6) is 0 Å². The van der Waals surface area contributed by atoms with Gasteiger partial charge in [-0.05, 0) is 48.5 Å². The Kier molecular flexibility index (Phi) is 3.67. The number of aromatic amines is 1. The number of anilines is 1. The summed E-state index contributed by atoms with van der Waals surface area (Å²) in [5.74, 6) is 0. The molecule has 0 aliphatic rings. The van der Waals surface area contributed by atoms with Crippen LogP contribution in [-0.2, 0) is 6.54 Å². The fourth-order valence-corrected chi connectivity index (χ4v) is 2.92. The molecule has 24 heavy (non-hydrogen) atoms. The molecule has 2 N–H and O–H groups in total. The zero-order chi connectivity index (χ0) is 16.5. The molecular formula is C19H14ClN3O. The van der Waals surface area contributed by atoms with Gasteiger partial charge >= 0.3 is 0 Å². The average Bonchev–Trinajstić information content (AvgIpc) is 2.60. The minimum atomic E-state index is -0.0974. The van der Waals surface area contributed by atoms with Gasteiger partial charge in [0.1, 0.15) is 0 Å². The first-order valence-electron chi connectivity index (χ1n) is 7.59. The van der Waals surface area contributed by atoms with Gasteiger partial charge in [0.2, 0.25) is 0 Å². The number of pyridine rings is 2. The van der Waals surface area contributed by atoms with E-state index in [1.807, 2.05) is 48.5 Å². The molecule has 2 aromatic heterocycles. The smallest absolute Gasteiger partial charge is 0.253 e. The van der Waals surface area contributed by atoms with Crippen LogP contribution in [0, 0.1) is 0 Å². The zero-order valence-electron chi connectivity index (χ0n) is 12.7. The molecule has 0 fully saturated rings. The summed E-state index contributed by atoms with van der Waals surface area (Å²) in [5, 5.41) is 5.92. The highest BCUT2D eigenvalue weighted by Gasteiger charge is 2.04. The Bertz CT molecular complexity index is 1100. The molecule has 4 rings (SSSR count). The van der Waals surface area contributed by atoms with Gasteiger partial charge < -0.3 is 10.3 Å². The summed E-state index contributed by atoms with van der Waals surface area (Å²) in [6.07, 6.45) is 1.77. The van der Waals surface area contributed by atoms with Gasteiger partial charge in [-0.15, -0.1) is 0 Å². The summed E-state index contributed by atoms with van der Waals surface area (Å²) in [6, 6.07) is 17.2. The predicted molar refractivity (Wildman–Crippen MR) is 98.6 cm³/mol. The minimum Gasteiger partial charge on any atom is -0.381 e. The second kappa shape index (κ2) is 5.98. The molecule has 0 bridgehead atoms. The van der Waals surface area contributed by atoms with Crippen molar-refractivity contribution in [2.24, 2.45) is 0 Å². The predicted octanol–water partition coefficient (Wildman–Crippen LogP) is 4.34. The molecule has 0 atom stereocenters. The first kappa shape index (κ1) is 14.7. The quantitative estimate of drug-likeness (QED) is 0.585. The van der Waals surface area contributed by atoms with E-state index in [0.717, 1.165) is 27.5 Å². The van der Waals surface area contributed by atoms with Crippen LogP contribution in [0.3, 0.4) is 0 Å². The molecule has 0 unspecified atom stereocenters. The van der Waals surface area contributed by atoms with E-state index in [2.05, 4.69) is 15.3 Å². The number of H-pyrrole nitrogens is 1. The van der Waals surface area contributed by atoms with Gasteiger partial charge in [-0.3, -0.25) is 9.78 Å². The Hall–Kier alpha value is -2.85. The molecule has 0 aliphatic carbocycles. The topological polar surface area (TPSA) is 57.8 Å². The van der Waals surface area contributed by atoms with Crippen molar-refractivity contribution < 1.29 is 0 Å². The van der Waals surface area contributed by atoms with E-state index in [-0.39, 0.29) is 5.56 Å². The zero-order valence-corrected chi connectivity index (χ0v) is 13.5. The second-order valence-electron chi connectivity index (χ2n) is 5.62. The van der Waals surface area contributed by atoms with Crippen molar-refractivity contribution in [2.45, 2.75) is 6.54 Å². The number of fused-ring (bicyclic) bond motifs is 2. The summed E-state index contributed by atoms with van der Waals surface area (Å²) in [4.78, 5) is 19.4. The van der Waals surface area contributed by atoms with E-state index in [1.54, 1.807) is 12.3 Å². The maximum absolute atomic E-state index is 12.2. The van der Waals surface area contributed by atoms with E-state index in [1.165, 1.54) is 0 Å². The van der Waals surface area contributed by atoms with Crippen LogP contribution in [0.1, 0.15) is 5.56 Å². The summed E-state index contributed by atoms with van der Waals surface area (Å²) in [6.45, 7) is 0.434. The third kappa shape index (κ3) is 2.84. The number of benzene rings is 2. The summed E-state index contributed by atoms with van der Waals surface area (Å²) in [5.41, 5.74) is 3.24. The van der Waals surface area contributed by atoms with Crippen molar-refractivity contribution >= 4 is 39.1 Å². The molecule has 2 heterocycles. The number of rotatable bonds is 3. The monoisotopic (exact) mass is 335 g/mol. The number of nitrogens with zero attached hydrogens (tertiary/aromatic N) is 1. The molecule has 0 aliphatic heterocycles. The fraction of sp³-hybridized carbons (Fsp3) is 0.0526. The summed E-state index contributed by atoms with van der Waals surface area (Å²) in [7, 11) is 0. The lowest BCUT2D eigenvalue weighted by molar-refractivity contribution is 1.09. The minimum absolute atomic E-state index is 0.0974. The van der Waals surface area contributed by atoms with Gasteiger partial charge in [-0.2, -0.15) is 0 Å². The first-order valence-corrected chi connectivity index (χ1v) is 7.97. The van der Waals surface area contributed by atoms with Crippen LogP contribution >= 0.6 is 11.6 Å². The molecule has 4 nitrogen and oxygen atoms in total. The summed E-state index contributed by atoms with van der Waals surface area (Å²) >= 11 is 6.03. The van der Waals surface area contributed by atoms with Crippen LogP contribution in [0.25, 0.3) is 21.8 Å². The number of aromatic nitrogens is 2. The highest BCUT2D eigenvalue weighted by atomic mass is 35.5. The number of hydrogen-bond acceptors (Lipinski definition) is 3. The van der Waals surface area contributed by atoms with Crippen LogP contribution < -0.4 is 10.9 Å². The molecule has 0 amide bonds. The van der Waals surface area contributed by atoms with Crippen LogP contribution in [0.2, 0.25) is 5.02 Å². The van der Waals surface area contributed by atoms with Gasteiger partial charge in [0.15, 0.2) is 0 Å². The molecule has 118 valence electrons. The van der Waals surface area contributed by atoms with Gasteiger partial charge in [-0.25, -0.2) is 0 Å². The number of halogens is 1. The Balaban J connectivity index is 1.63. The van der Waals surface area contributed by atoms with Crippen molar-refractivity contribution in [2.75, 3.05) is 5.32 Å². The lowest BCUT2D eigenvalue weighted by Gasteiger charge is -2.08. The van der Waals surface area contributed by atoms with Crippen LogP contribution in [0.15, 0.2) is 65.6 Å². The number of hydrogen-bond donors (Lipinski definition) is 2. The number of nitrogens with one attached hydrogen (secondary N) is 2. The van der Waals surface area contributed by atoms with E-state index in [9.17, 15) is 4.79 Å². The van der Waals surface area contributed by atoms with Crippen molar-refractivity contribution in [3.8, 4) is 0 Å². The third-order valence-corrected chi connectivity index (χ3v) is 4.20. The molecule has 0 radical (unpaired) electrons. The Morgan fingerprint density at radius 3 is 2.88 bits per heavy atom. The largest absolute Gasteiger partial charge is 0.381 e. The first-order chi connectivity index (χ1) is 11.7. The highest BCUT2D eigenvalue weighted by molar-refractivity contribution is 6.31. The van der Waals surface area contributed by atoms with Crippen molar-refractivity contribution in [1.29, 1.82) is 0 Å². The van der Waals surface area contributed by atoms with Crippen LogP contribution in [0.4, 0.5) is 5.69 Å². The molecular weight excluding hydrogens is 322 g/mol. The standard InChI is InChI=1S/C19H14ClN3O/c20-15-3-5-18-13(9-15)8-14(19(24)23-18)11-22-16-4-6-17-12(10-16)2-1-7-21-17/h1-10,22H,11H2,(H,23,24). The van der Waals surface area contributed by atoms with Gasteiger partial charge in [0, 0.05) is 45.3 Å². The highest BCUT2D eigenvalue weighted by Crippen LogP contribution is 2.19.